The summed E-state index contributed by atoms with van der Waals surface area (Å²) in [6.45, 7) is 0. The first-order chi connectivity index (χ1) is 22.9. The molecule has 0 radical (unpaired) electrons. The summed E-state index contributed by atoms with van der Waals surface area (Å²) in [5, 5.41) is 13.4. The Morgan fingerprint density at radius 1 is 0.617 bits per heavy atom. The lowest BCUT2D eigenvalue weighted by atomic mass is 9.90. The smallest absolute Gasteiger partial charge is 0.269 e. The number of anilines is 1. The Morgan fingerprint density at radius 3 is 1.81 bits per heavy atom. The molecule has 1 unspecified atom stereocenters. The topological polar surface area (TPSA) is 86.7 Å². The van der Waals surface area contributed by atoms with E-state index in [9.17, 15) is 18.3 Å². The lowest BCUT2D eigenvalue weighted by molar-refractivity contribution is 0.0940. The van der Waals surface area contributed by atoms with Crippen molar-refractivity contribution in [1.82, 2.24) is 5.32 Å². The Kier molecular flexibility index (Phi) is 7.90. The monoisotopic (exact) mass is 634 g/mol. The van der Waals surface area contributed by atoms with Gasteiger partial charge in [-0.2, -0.15) is 0 Å². The molecule has 0 aromatic heterocycles. The normalized spacial score (nSPS) is 14.3. The first-order valence-electron chi connectivity index (χ1n) is 15.2. The van der Waals surface area contributed by atoms with Gasteiger partial charge in [-0.05, 0) is 52.6 Å². The Bertz CT molecular complexity index is 2200. The van der Waals surface area contributed by atoms with E-state index in [4.69, 9.17) is 0 Å². The standard InChI is InChI=1S/C40H30N2O4S/c43-35-24-14-13-23-33(35)40(44)41-38(29-17-7-2-8-18-29)31-25-26-34-36(27-31)47(45,46)42(32-21-11-4-12-22-32)39(30-19-9-3-10-20-30)37(34)28-15-5-1-6-16-28/h1-27,38,43H,(H,41,44). The number of hydrogen-bond donors (Lipinski definition) is 2. The molecule has 0 aliphatic carbocycles. The highest BCUT2D eigenvalue weighted by molar-refractivity contribution is 7.93. The number of benzene rings is 6. The van der Waals surface area contributed by atoms with Gasteiger partial charge < -0.3 is 10.4 Å². The summed E-state index contributed by atoms with van der Waals surface area (Å²) in [6, 6.07) is 48.7. The highest BCUT2D eigenvalue weighted by Crippen LogP contribution is 2.47. The number of phenolic OH excluding ortho intramolecular Hbond substituents is 1. The van der Waals surface area contributed by atoms with Crippen molar-refractivity contribution in [2.24, 2.45) is 0 Å². The van der Waals surface area contributed by atoms with Crippen LogP contribution in [0.25, 0.3) is 11.3 Å². The molecule has 7 rings (SSSR count). The molecule has 1 amide bonds. The summed E-state index contributed by atoms with van der Waals surface area (Å²) >= 11 is 0. The minimum Gasteiger partial charge on any atom is -0.507 e. The second-order valence-corrected chi connectivity index (χ2v) is 12.9. The number of nitrogens with zero attached hydrogens (tertiary/aromatic N) is 1. The van der Waals surface area contributed by atoms with Crippen LogP contribution in [0, 0.1) is 0 Å². The van der Waals surface area contributed by atoms with Crippen LogP contribution in [0.15, 0.2) is 169 Å². The van der Waals surface area contributed by atoms with Crippen molar-refractivity contribution in [2.45, 2.75) is 10.9 Å². The van der Waals surface area contributed by atoms with Crippen molar-refractivity contribution in [3.05, 3.63) is 197 Å². The van der Waals surface area contributed by atoms with Crippen molar-refractivity contribution in [1.29, 1.82) is 0 Å². The van der Waals surface area contributed by atoms with Gasteiger partial charge >= 0.3 is 0 Å². The molecule has 0 spiro atoms. The zero-order valence-corrected chi connectivity index (χ0v) is 26.0. The van der Waals surface area contributed by atoms with Crippen LogP contribution in [0.2, 0.25) is 0 Å². The van der Waals surface area contributed by atoms with Crippen molar-refractivity contribution < 1.29 is 18.3 Å². The van der Waals surface area contributed by atoms with Crippen LogP contribution in [0.3, 0.4) is 0 Å². The lowest BCUT2D eigenvalue weighted by Crippen LogP contribution is -2.35. The maximum absolute atomic E-state index is 14.9. The quantitative estimate of drug-likeness (QED) is 0.186. The van der Waals surface area contributed by atoms with Gasteiger partial charge in [-0.25, -0.2) is 12.7 Å². The van der Waals surface area contributed by atoms with Gasteiger partial charge in [0, 0.05) is 11.1 Å². The second-order valence-electron chi connectivity index (χ2n) is 11.2. The van der Waals surface area contributed by atoms with Crippen LogP contribution in [-0.4, -0.2) is 19.4 Å². The molecule has 6 aromatic carbocycles. The van der Waals surface area contributed by atoms with Crippen LogP contribution in [-0.2, 0) is 10.0 Å². The molecule has 1 heterocycles. The Balaban J connectivity index is 1.48. The van der Waals surface area contributed by atoms with Crippen LogP contribution in [0.5, 0.6) is 5.75 Å². The molecule has 0 bridgehead atoms. The first kappa shape index (κ1) is 29.8. The molecular formula is C40H30N2O4S. The summed E-state index contributed by atoms with van der Waals surface area (Å²) in [6.07, 6.45) is 0. The first-order valence-corrected chi connectivity index (χ1v) is 16.6. The fraction of sp³-hybridized carbons (Fsp3) is 0.0250. The number of hydrogen-bond acceptors (Lipinski definition) is 4. The number of nitrogens with one attached hydrogen (secondary N) is 1. The summed E-state index contributed by atoms with van der Waals surface area (Å²) in [4.78, 5) is 13.6. The summed E-state index contributed by atoms with van der Waals surface area (Å²) in [7, 11) is -4.18. The average molecular weight is 635 g/mol. The Morgan fingerprint density at radius 2 is 1.17 bits per heavy atom. The highest BCUT2D eigenvalue weighted by atomic mass is 32.2. The number of amides is 1. The van der Waals surface area contributed by atoms with Crippen molar-refractivity contribution in [3.63, 3.8) is 0 Å². The van der Waals surface area contributed by atoms with Gasteiger partial charge in [0.2, 0.25) is 0 Å². The van der Waals surface area contributed by atoms with Gasteiger partial charge in [0.25, 0.3) is 15.9 Å². The van der Waals surface area contributed by atoms with E-state index in [1.807, 2.05) is 121 Å². The molecule has 0 saturated carbocycles. The van der Waals surface area contributed by atoms with Crippen LogP contribution >= 0.6 is 0 Å². The number of sulfonamides is 1. The highest BCUT2D eigenvalue weighted by Gasteiger charge is 2.39. The van der Waals surface area contributed by atoms with Crippen LogP contribution < -0.4 is 9.62 Å². The maximum atomic E-state index is 14.9. The average Bonchev–Trinajstić information content (AvgIpc) is 3.12. The third-order valence-corrected chi connectivity index (χ3v) is 9.99. The predicted molar refractivity (Wildman–Crippen MR) is 185 cm³/mol. The number of fused-ring (bicyclic) bond motifs is 1. The van der Waals surface area contributed by atoms with E-state index in [1.54, 1.807) is 36.4 Å². The Labute approximate surface area is 274 Å². The van der Waals surface area contributed by atoms with Gasteiger partial charge in [-0.1, -0.05) is 133 Å². The minimum absolute atomic E-state index is 0.120. The zero-order chi connectivity index (χ0) is 32.4. The van der Waals surface area contributed by atoms with E-state index < -0.39 is 22.0 Å². The fourth-order valence-electron chi connectivity index (χ4n) is 6.05. The molecule has 2 N–H and O–H groups in total. The molecular weight excluding hydrogens is 605 g/mol. The SMILES string of the molecule is O=C(NC(c1ccccc1)c1ccc2c(c1)S(=O)(=O)N(c1ccccc1)C(c1ccccc1)=C2c1ccccc1)c1ccccc1O. The Hall–Kier alpha value is -5.92. The molecule has 1 aliphatic heterocycles. The van der Waals surface area contributed by atoms with Crippen LogP contribution in [0.1, 0.15) is 44.2 Å². The summed E-state index contributed by atoms with van der Waals surface area (Å²) in [5.74, 6) is -0.630. The predicted octanol–water partition coefficient (Wildman–Crippen LogP) is 8.04. The van der Waals surface area contributed by atoms with E-state index in [2.05, 4.69) is 5.32 Å². The van der Waals surface area contributed by atoms with Gasteiger partial charge in [-0.15, -0.1) is 0 Å². The van der Waals surface area contributed by atoms with E-state index in [1.165, 1.54) is 10.4 Å². The third kappa shape index (κ3) is 5.58. The van der Waals surface area contributed by atoms with E-state index in [0.717, 1.165) is 22.3 Å². The van der Waals surface area contributed by atoms with Gasteiger partial charge in [-0.3, -0.25) is 4.79 Å². The maximum Gasteiger partial charge on any atom is 0.269 e. The molecule has 0 fully saturated rings. The zero-order valence-electron chi connectivity index (χ0n) is 25.2. The second kappa shape index (κ2) is 12.5. The molecule has 0 saturated heterocycles. The number of phenols is 1. The molecule has 1 aliphatic rings. The minimum atomic E-state index is -4.18. The van der Waals surface area contributed by atoms with E-state index in [-0.39, 0.29) is 16.2 Å². The number of para-hydroxylation sites is 2. The van der Waals surface area contributed by atoms with Crippen molar-refractivity contribution in [3.8, 4) is 5.75 Å². The van der Waals surface area contributed by atoms with Gasteiger partial charge in [0.1, 0.15) is 5.75 Å². The largest absolute Gasteiger partial charge is 0.507 e. The lowest BCUT2D eigenvalue weighted by Gasteiger charge is -2.35. The summed E-state index contributed by atoms with van der Waals surface area (Å²) in [5.41, 5.74) is 5.46. The van der Waals surface area contributed by atoms with Gasteiger partial charge in [0.05, 0.1) is 27.9 Å². The molecule has 47 heavy (non-hydrogen) atoms. The third-order valence-electron chi connectivity index (χ3n) is 8.22. The number of carbonyl (C=O) groups excluding carboxylic acids is 1. The van der Waals surface area contributed by atoms with Crippen molar-refractivity contribution in [2.75, 3.05) is 4.31 Å². The van der Waals surface area contributed by atoms with Gasteiger partial charge in [0.15, 0.2) is 0 Å². The molecule has 1 atom stereocenters. The molecule has 7 heteroatoms. The van der Waals surface area contributed by atoms with E-state index in [0.29, 0.717) is 22.5 Å². The number of aromatic hydroxyl groups is 1. The molecule has 6 aromatic rings. The number of carbonyl (C=O) groups is 1. The van der Waals surface area contributed by atoms with Crippen molar-refractivity contribution >= 4 is 32.9 Å². The number of rotatable bonds is 7. The van der Waals surface area contributed by atoms with Crippen LogP contribution in [0.4, 0.5) is 5.69 Å². The summed E-state index contributed by atoms with van der Waals surface area (Å²) < 4.78 is 31.3. The molecule has 230 valence electrons. The fourth-order valence-corrected chi connectivity index (χ4v) is 7.82. The molecule has 6 nitrogen and oxygen atoms in total. The van der Waals surface area contributed by atoms with E-state index >= 15 is 0 Å².